The van der Waals surface area contributed by atoms with E-state index in [-0.39, 0.29) is 17.7 Å². The molecule has 1 aromatic carbocycles. The predicted molar refractivity (Wildman–Crippen MR) is 137 cm³/mol. The van der Waals surface area contributed by atoms with Gasteiger partial charge in [-0.1, -0.05) is 6.08 Å². The maximum absolute atomic E-state index is 13.1. The first-order valence-electron chi connectivity index (χ1n) is 11.2. The Kier molecular flexibility index (Phi) is 6.87. The highest BCUT2D eigenvalue weighted by Gasteiger charge is 2.28. The van der Waals surface area contributed by atoms with Gasteiger partial charge < -0.3 is 10.2 Å². The Labute approximate surface area is 210 Å². The van der Waals surface area contributed by atoms with Crippen LogP contribution in [0, 0.1) is 0 Å². The van der Waals surface area contributed by atoms with Crippen LogP contribution in [0.1, 0.15) is 44.6 Å². The molecule has 0 radical (unpaired) electrons. The number of aromatic amines is 1. The van der Waals surface area contributed by atoms with E-state index in [9.17, 15) is 9.59 Å². The Hall–Kier alpha value is -3.57. The lowest BCUT2D eigenvalue weighted by molar-refractivity contribution is 0.0708. The van der Waals surface area contributed by atoms with Gasteiger partial charge in [-0.05, 0) is 43.2 Å². The highest BCUT2D eigenvalue weighted by molar-refractivity contribution is 7.99. The highest BCUT2D eigenvalue weighted by Crippen LogP contribution is 2.32. The topological polar surface area (TPSA) is 117 Å². The minimum Gasteiger partial charge on any atom is -0.339 e. The molecule has 0 bridgehead atoms. The van der Waals surface area contributed by atoms with Crippen LogP contribution in [0.25, 0.3) is 11.0 Å². The van der Waals surface area contributed by atoms with Gasteiger partial charge in [0, 0.05) is 42.0 Å². The number of nitrogens with zero attached hydrogens (tertiary/aromatic N) is 5. The van der Waals surface area contributed by atoms with E-state index < -0.39 is 0 Å². The van der Waals surface area contributed by atoms with Gasteiger partial charge >= 0.3 is 0 Å². The summed E-state index contributed by atoms with van der Waals surface area (Å²) < 4.78 is 0. The van der Waals surface area contributed by atoms with Crippen LogP contribution in [0.5, 0.6) is 0 Å². The number of fused-ring (bicyclic) bond motifs is 1. The molecule has 9 nitrogen and oxygen atoms in total. The molecule has 2 amide bonds. The van der Waals surface area contributed by atoms with Gasteiger partial charge in [-0.15, -0.1) is 29.7 Å². The number of hydrogen-bond donors (Lipinski definition) is 2. The molecule has 0 spiro atoms. The number of likely N-dealkylation sites (tertiary alicyclic amines) is 1. The quantitative estimate of drug-likeness (QED) is 0.283. The number of nitrogens with one attached hydrogen (secondary N) is 2. The molecule has 1 aliphatic heterocycles. The molecular formula is C24H23N7O2S2. The van der Waals surface area contributed by atoms with Crippen LogP contribution in [0.2, 0.25) is 0 Å². The van der Waals surface area contributed by atoms with E-state index in [0.29, 0.717) is 41.3 Å². The zero-order chi connectivity index (χ0) is 24.2. The molecule has 1 fully saturated rings. The summed E-state index contributed by atoms with van der Waals surface area (Å²) in [5.41, 5.74) is 3.08. The molecule has 1 aliphatic rings. The summed E-state index contributed by atoms with van der Waals surface area (Å²) in [5.74, 6) is 0.671. The van der Waals surface area contributed by atoms with E-state index in [1.165, 1.54) is 23.1 Å². The van der Waals surface area contributed by atoms with Crippen molar-refractivity contribution in [2.24, 2.45) is 0 Å². The number of amides is 2. The van der Waals surface area contributed by atoms with E-state index in [4.69, 9.17) is 0 Å². The second-order valence-corrected chi connectivity index (χ2v) is 9.97. The van der Waals surface area contributed by atoms with Crippen LogP contribution in [0.3, 0.4) is 0 Å². The molecule has 11 heteroatoms. The van der Waals surface area contributed by atoms with Crippen molar-refractivity contribution >= 4 is 51.6 Å². The van der Waals surface area contributed by atoms with Gasteiger partial charge in [0.1, 0.15) is 21.8 Å². The van der Waals surface area contributed by atoms with Gasteiger partial charge in [0.15, 0.2) is 0 Å². The van der Waals surface area contributed by atoms with Gasteiger partial charge in [-0.2, -0.15) is 15.4 Å². The van der Waals surface area contributed by atoms with Crippen molar-refractivity contribution in [3.8, 4) is 0 Å². The Morgan fingerprint density at radius 2 is 2.06 bits per heavy atom. The van der Waals surface area contributed by atoms with Gasteiger partial charge in [0.25, 0.3) is 11.8 Å². The van der Waals surface area contributed by atoms with Gasteiger partial charge in [0.2, 0.25) is 0 Å². The third-order valence-corrected chi connectivity index (χ3v) is 7.81. The maximum atomic E-state index is 13.1. The number of piperidine rings is 1. The SMILES string of the molecule is C=CCSc1ncccc1C(=O)N1CCC(c2nc(C(=O)Nc3ccc4n[nH]nc4c3)cs2)CC1. The van der Waals surface area contributed by atoms with E-state index in [2.05, 4.69) is 37.3 Å². The van der Waals surface area contributed by atoms with Crippen LogP contribution >= 0.6 is 23.1 Å². The molecule has 0 saturated carbocycles. The molecule has 178 valence electrons. The number of pyridine rings is 1. The lowest BCUT2D eigenvalue weighted by atomic mass is 9.97. The highest BCUT2D eigenvalue weighted by atomic mass is 32.2. The first-order valence-corrected chi connectivity index (χ1v) is 13.0. The van der Waals surface area contributed by atoms with Crippen molar-refractivity contribution in [2.75, 3.05) is 24.2 Å². The van der Waals surface area contributed by atoms with E-state index in [1.54, 1.807) is 41.9 Å². The molecule has 0 unspecified atom stereocenters. The van der Waals surface area contributed by atoms with Gasteiger partial charge in [-0.25, -0.2) is 9.97 Å². The maximum Gasteiger partial charge on any atom is 0.275 e. The molecule has 4 aromatic rings. The fourth-order valence-corrected chi connectivity index (χ4v) is 5.69. The molecule has 0 atom stereocenters. The molecule has 2 N–H and O–H groups in total. The Balaban J connectivity index is 1.20. The smallest absolute Gasteiger partial charge is 0.275 e. The summed E-state index contributed by atoms with van der Waals surface area (Å²) in [6.45, 7) is 5.02. The number of H-pyrrole nitrogens is 1. The van der Waals surface area contributed by atoms with Crippen LogP contribution in [-0.4, -0.2) is 60.9 Å². The number of thioether (sulfide) groups is 1. The summed E-state index contributed by atoms with van der Waals surface area (Å²) in [4.78, 5) is 36.7. The molecule has 1 saturated heterocycles. The number of thiazole rings is 1. The third kappa shape index (κ3) is 5.10. The Bertz CT molecular complexity index is 1370. The second-order valence-electron chi connectivity index (χ2n) is 8.07. The number of carbonyl (C=O) groups is 2. The number of rotatable bonds is 7. The van der Waals surface area contributed by atoms with E-state index in [0.717, 1.165) is 28.4 Å². The predicted octanol–water partition coefficient (Wildman–Crippen LogP) is 4.36. The average Bonchev–Trinajstić information content (AvgIpc) is 3.57. The zero-order valence-electron chi connectivity index (χ0n) is 18.8. The van der Waals surface area contributed by atoms with Crippen LogP contribution in [0.4, 0.5) is 5.69 Å². The average molecular weight is 506 g/mol. The summed E-state index contributed by atoms with van der Waals surface area (Å²) in [5, 5.41) is 16.9. The normalized spacial score (nSPS) is 14.2. The summed E-state index contributed by atoms with van der Waals surface area (Å²) in [6, 6.07) is 8.97. The van der Waals surface area contributed by atoms with Gasteiger partial charge in [-0.3, -0.25) is 9.59 Å². The van der Waals surface area contributed by atoms with Crippen molar-refractivity contribution in [3.63, 3.8) is 0 Å². The zero-order valence-corrected chi connectivity index (χ0v) is 20.4. The van der Waals surface area contributed by atoms with Crippen molar-refractivity contribution in [1.82, 2.24) is 30.3 Å². The van der Waals surface area contributed by atoms with Crippen molar-refractivity contribution in [1.29, 1.82) is 0 Å². The third-order valence-electron chi connectivity index (χ3n) is 5.80. The van der Waals surface area contributed by atoms with Crippen molar-refractivity contribution in [3.05, 3.63) is 70.8 Å². The van der Waals surface area contributed by atoms with Crippen molar-refractivity contribution < 1.29 is 9.59 Å². The standard InChI is InChI=1S/C24H23N7O2S2/c1-2-12-34-23-17(4-3-9-25-23)24(33)31-10-7-15(8-11-31)22-27-20(14-35-22)21(32)26-16-5-6-18-19(13-16)29-30-28-18/h2-6,9,13-15H,1,7-8,10-12H2,(H,26,32)(H,28,29,30). The monoisotopic (exact) mass is 505 g/mol. The second kappa shape index (κ2) is 10.4. The Morgan fingerprint density at radius 1 is 1.23 bits per heavy atom. The molecular weight excluding hydrogens is 482 g/mol. The minimum atomic E-state index is -0.260. The number of anilines is 1. The number of benzene rings is 1. The van der Waals surface area contributed by atoms with E-state index >= 15 is 0 Å². The molecule has 5 rings (SSSR count). The Morgan fingerprint density at radius 3 is 2.89 bits per heavy atom. The first kappa shape index (κ1) is 23.2. The summed E-state index contributed by atoms with van der Waals surface area (Å²) >= 11 is 3.00. The first-order chi connectivity index (χ1) is 17.1. The lowest BCUT2D eigenvalue weighted by Crippen LogP contribution is -2.38. The molecule has 3 aromatic heterocycles. The van der Waals surface area contributed by atoms with Crippen molar-refractivity contribution in [2.45, 2.75) is 23.8 Å². The van der Waals surface area contributed by atoms with Crippen LogP contribution < -0.4 is 5.32 Å². The fourth-order valence-electron chi connectivity index (χ4n) is 4.00. The summed E-state index contributed by atoms with van der Waals surface area (Å²) in [7, 11) is 0. The number of aromatic nitrogens is 5. The van der Waals surface area contributed by atoms with Crippen LogP contribution in [-0.2, 0) is 0 Å². The molecule has 4 heterocycles. The molecule has 35 heavy (non-hydrogen) atoms. The van der Waals surface area contributed by atoms with Gasteiger partial charge in [0.05, 0.1) is 10.6 Å². The number of carbonyl (C=O) groups excluding carboxylic acids is 2. The lowest BCUT2D eigenvalue weighted by Gasteiger charge is -2.31. The fraction of sp³-hybridized carbons (Fsp3) is 0.250. The largest absolute Gasteiger partial charge is 0.339 e. The van der Waals surface area contributed by atoms with Crippen LogP contribution in [0.15, 0.2) is 59.6 Å². The summed E-state index contributed by atoms with van der Waals surface area (Å²) in [6.07, 6.45) is 5.12. The van der Waals surface area contributed by atoms with E-state index in [1.807, 2.05) is 11.0 Å². The minimum absolute atomic E-state index is 0.00592. The molecule has 0 aliphatic carbocycles. The number of hydrogen-bond acceptors (Lipinski definition) is 8.